The van der Waals surface area contributed by atoms with E-state index in [4.69, 9.17) is 10.5 Å². The van der Waals surface area contributed by atoms with Crippen LogP contribution < -0.4 is 16.4 Å². The number of rotatable bonds is 3. The Morgan fingerprint density at radius 2 is 2.32 bits per heavy atom. The van der Waals surface area contributed by atoms with Crippen molar-refractivity contribution in [1.82, 2.24) is 15.5 Å². The fourth-order valence-corrected chi connectivity index (χ4v) is 2.56. The van der Waals surface area contributed by atoms with Crippen molar-refractivity contribution in [2.24, 2.45) is 5.73 Å². The molecule has 0 aromatic rings. The van der Waals surface area contributed by atoms with E-state index in [2.05, 4.69) is 10.6 Å². The van der Waals surface area contributed by atoms with Gasteiger partial charge in [0.05, 0.1) is 6.54 Å². The van der Waals surface area contributed by atoms with Crippen molar-refractivity contribution in [3.8, 4) is 0 Å². The third kappa shape index (κ3) is 2.41. The first-order valence-electron chi connectivity index (χ1n) is 6.17. The Balaban J connectivity index is 2.11. The van der Waals surface area contributed by atoms with Gasteiger partial charge in [0.15, 0.2) is 0 Å². The third-order valence-electron chi connectivity index (χ3n) is 3.59. The molecule has 0 radical (unpaired) electrons. The molecule has 0 aliphatic carbocycles. The molecule has 8 heteroatoms. The van der Waals surface area contributed by atoms with E-state index in [1.807, 2.05) is 0 Å². The first kappa shape index (κ1) is 13.8. The number of nitrogens with two attached hydrogens (primary N) is 1. The summed E-state index contributed by atoms with van der Waals surface area (Å²) >= 11 is 0. The van der Waals surface area contributed by atoms with Gasteiger partial charge in [0, 0.05) is 20.2 Å². The van der Waals surface area contributed by atoms with Gasteiger partial charge in [-0.3, -0.25) is 14.9 Å². The number of likely N-dealkylation sites (tertiary alicyclic amines) is 1. The molecular weight excluding hydrogens is 252 g/mol. The zero-order valence-corrected chi connectivity index (χ0v) is 10.8. The van der Waals surface area contributed by atoms with E-state index in [9.17, 15) is 14.4 Å². The van der Waals surface area contributed by atoms with Crippen LogP contribution in [0.4, 0.5) is 4.79 Å². The number of methoxy groups -OCH3 is 1. The van der Waals surface area contributed by atoms with E-state index in [0.29, 0.717) is 19.4 Å². The lowest BCUT2D eigenvalue weighted by Gasteiger charge is -2.39. The maximum absolute atomic E-state index is 12.2. The normalized spacial score (nSPS) is 28.2. The number of nitrogens with one attached hydrogen (secondary N) is 2. The molecule has 2 heterocycles. The zero-order valence-electron chi connectivity index (χ0n) is 10.8. The second-order valence-corrected chi connectivity index (χ2v) is 4.81. The molecule has 2 saturated heterocycles. The number of hydrogen-bond donors (Lipinski definition) is 3. The summed E-state index contributed by atoms with van der Waals surface area (Å²) in [5.74, 6) is -0.630. The summed E-state index contributed by atoms with van der Waals surface area (Å²) in [5, 5.41) is 4.82. The van der Waals surface area contributed by atoms with Gasteiger partial charge in [-0.15, -0.1) is 0 Å². The minimum Gasteiger partial charge on any atom is -0.370 e. The van der Waals surface area contributed by atoms with Crippen LogP contribution in [0.5, 0.6) is 0 Å². The Hall–Kier alpha value is -1.67. The second kappa shape index (κ2) is 5.14. The number of urea groups is 1. The number of amides is 4. The van der Waals surface area contributed by atoms with Crippen LogP contribution in [0.2, 0.25) is 0 Å². The van der Waals surface area contributed by atoms with Gasteiger partial charge in [-0.05, 0) is 12.8 Å². The summed E-state index contributed by atoms with van der Waals surface area (Å²) in [6, 6.07) is -0.513. The van der Waals surface area contributed by atoms with Crippen LogP contribution in [-0.4, -0.2) is 61.1 Å². The molecule has 1 spiro atoms. The molecule has 2 atom stereocenters. The molecule has 4 N–H and O–H groups in total. The Kier molecular flexibility index (Phi) is 3.72. The lowest BCUT2D eigenvalue weighted by molar-refractivity contribution is -0.145. The van der Waals surface area contributed by atoms with Gasteiger partial charge >= 0.3 is 6.03 Å². The molecule has 19 heavy (non-hydrogen) atoms. The number of nitrogens with zero attached hydrogens (tertiary/aromatic N) is 1. The van der Waals surface area contributed by atoms with Crippen molar-refractivity contribution in [2.75, 3.05) is 26.7 Å². The van der Waals surface area contributed by atoms with E-state index >= 15 is 0 Å². The maximum Gasteiger partial charge on any atom is 0.322 e. The molecule has 2 aliphatic heterocycles. The lowest BCUT2D eigenvalue weighted by atomic mass is 9.89. The number of ether oxygens (including phenoxy) is 1. The fraction of sp³-hybridized carbons (Fsp3) is 0.727. The van der Waals surface area contributed by atoms with Crippen LogP contribution in [-0.2, 0) is 14.3 Å². The van der Waals surface area contributed by atoms with Gasteiger partial charge < -0.3 is 20.7 Å². The molecule has 0 aromatic carbocycles. The Bertz CT molecular complexity index is 409. The summed E-state index contributed by atoms with van der Waals surface area (Å²) in [4.78, 5) is 36.8. The second-order valence-electron chi connectivity index (χ2n) is 4.81. The molecule has 2 fully saturated rings. The van der Waals surface area contributed by atoms with Gasteiger partial charge in [-0.2, -0.15) is 0 Å². The van der Waals surface area contributed by atoms with Crippen molar-refractivity contribution in [1.29, 1.82) is 0 Å². The standard InChI is InChI=1S/C11H18N4O4/c1-19-7(5-12)8(16)15-4-2-3-11(6-15)9(17)13-10(18)14-11/h7H,2-6,12H2,1H3,(H2,13,14,17,18). The van der Waals surface area contributed by atoms with Crippen LogP contribution in [0.1, 0.15) is 12.8 Å². The molecule has 0 saturated carbocycles. The monoisotopic (exact) mass is 270 g/mol. The van der Waals surface area contributed by atoms with Crippen LogP contribution in [0.15, 0.2) is 0 Å². The molecule has 2 aliphatic rings. The summed E-state index contributed by atoms with van der Waals surface area (Å²) < 4.78 is 5.01. The van der Waals surface area contributed by atoms with Crippen LogP contribution in [0.25, 0.3) is 0 Å². The predicted molar refractivity (Wildman–Crippen MR) is 65.1 cm³/mol. The SMILES string of the molecule is COC(CN)C(=O)N1CCCC2(C1)NC(=O)NC2=O. The molecule has 2 rings (SSSR count). The number of carbonyl (C=O) groups excluding carboxylic acids is 3. The summed E-state index contributed by atoms with van der Waals surface area (Å²) in [6.07, 6.45) is 0.449. The predicted octanol–water partition coefficient (Wildman–Crippen LogP) is -1.84. The number of hydrogen-bond acceptors (Lipinski definition) is 5. The highest BCUT2D eigenvalue weighted by atomic mass is 16.5. The minimum atomic E-state index is -1.00. The topological polar surface area (TPSA) is 114 Å². The molecule has 2 unspecified atom stereocenters. The average Bonchev–Trinajstić information content (AvgIpc) is 2.65. The van der Waals surface area contributed by atoms with Gasteiger partial charge in [0.1, 0.15) is 11.6 Å². The first-order valence-corrected chi connectivity index (χ1v) is 6.17. The Labute approximate surface area is 110 Å². The first-order chi connectivity index (χ1) is 9.02. The van der Waals surface area contributed by atoms with Crippen molar-refractivity contribution in [3.63, 3.8) is 0 Å². The van der Waals surface area contributed by atoms with Crippen molar-refractivity contribution < 1.29 is 19.1 Å². The Morgan fingerprint density at radius 1 is 1.58 bits per heavy atom. The minimum absolute atomic E-state index is 0.0807. The molecular formula is C11H18N4O4. The van der Waals surface area contributed by atoms with E-state index in [1.165, 1.54) is 12.0 Å². The third-order valence-corrected chi connectivity index (χ3v) is 3.59. The highest BCUT2D eigenvalue weighted by Crippen LogP contribution is 2.24. The fourth-order valence-electron chi connectivity index (χ4n) is 2.56. The van der Waals surface area contributed by atoms with E-state index in [-0.39, 0.29) is 24.9 Å². The van der Waals surface area contributed by atoms with Crippen molar-refractivity contribution in [3.05, 3.63) is 0 Å². The van der Waals surface area contributed by atoms with Gasteiger partial charge in [0.25, 0.3) is 11.8 Å². The highest BCUT2D eigenvalue weighted by Gasteiger charge is 2.49. The van der Waals surface area contributed by atoms with Crippen LogP contribution >= 0.6 is 0 Å². The van der Waals surface area contributed by atoms with Crippen molar-refractivity contribution in [2.45, 2.75) is 24.5 Å². The van der Waals surface area contributed by atoms with Gasteiger partial charge in [-0.1, -0.05) is 0 Å². The average molecular weight is 270 g/mol. The molecule has 0 aromatic heterocycles. The summed E-state index contributed by atoms with van der Waals surface area (Å²) in [5.41, 5.74) is 4.46. The van der Waals surface area contributed by atoms with Gasteiger partial charge in [-0.25, -0.2) is 4.79 Å². The molecule has 106 valence electrons. The molecule has 0 bridgehead atoms. The summed E-state index contributed by atoms with van der Waals surface area (Å²) in [7, 11) is 1.42. The maximum atomic E-state index is 12.2. The van der Waals surface area contributed by atoms with E-state index in [1.54, 1.807) is 0 Å². The van der Waals surface area contributed by atoms with Crippen molar-refractivity contribution >= 4 is 17.8 Å². The largest absolute Gasteiger partial charge is 0.370 e. The molecule has 8 nitrogen and oxygen atoms in total. The zero-order chi connectivity index (χ0) is 14.0. The summed E-state index contributed by atoms with van der Waals surface area (Å²) in [6.45, 7) is 0.768. The molecule has 4 amide bonds. The lowest BCUT2D eigenvalue weighted by Crippen LogP contribution is -2.61. The van der Waals surface area contributed by atoms with Gasteiger partial charge in [0.2, 0.25) is 0 Å². The quantitative estimate of drug-likeness (QED) is 0.521. The van der Waals surface area contributed by atoms with Crippen LogP contribution in [0, 0.1) is 0 Å². The number of piperidine rings is 1. The smallest absolute Gasteiger partial charge is 0.322 e. The Morgan fingerprint density at radius 3 is 2.84 bits per heavy atom. The number of imide groups is 1. The van der Waals surface area contributed by atoms with E-state index in [0.717, 1.165) is 0 Å². The highest BCUT2D eigenvalue weighted by molar-refractivity contribution is 6.07. The van der Waals surface area contributed by atoms with Crippen LogP contribution in [0.3, 0.4) is 0 Å². The number of carbonyl (C=O) groups is 3. The van der Waals surface area contributed by atoms with E-state index < -0.39 is 17.7 Å².